The number of aliphatic hydroxyl groups is 1. The first-order valence-electron chi connectivity index (χ1n) is 10.6. The van der Waals surface area contributed by atoms with Gasteiger partial charge in [-0.25, -0.2) is 0 Å². The minimum atomic E-state index is -0.677. The fraction of sp³-hybridized carbons (Fsp3) is 0.458. The third-order valence-corrected chi connectivity index (χ3v) is 7.20. The Morgan fingerprint density at radius 2 is 1.86 bits per heavy atom. The molecule has 3 aliphatic carbocycles. The average Bonchev–Trinajstić information content (AvgIpc) is 2.76. The minimum absolute atomic E-state index is 0.00564. The van der Waals surface area contributed by atoms with E-state index in [0.717, 1.165) is 24.1 Å². The Bertz CT molecular complexity index is 931. The molecule has 5 nitrogen and oxygen atoms in total. The Balaban J connectivity index is 1.52. The lowest BCUT2D eigenvalue weighted by atomic mass is 9.57. The zero-order valence-electron chi connectivity index (χ0n) is 16.3. The third-order valence-electron chi connectivity index (χ3n) is 7.20. The lowest BCUT2D eigenvalue weighted by Crippen LogP contribution is -2.54. The van der Waals surface area contributed by atoms with Crippen molar-refractivity contribution in [3.63, 3.8) is 0 Å². The van der Waals surface area contributed by atoms with Gasteiger partial charge in [0, 0.05) is 47.9 Å². The zero-order chi connectivity index (χ0) is 20.1. The number of ketones is 2. The van der Waals surface area contributed by atoms with Crippen molar-refractivity contribution in [3.05, 3.63) is 59.3 Å². The van der Waals surface area contributed by atoms with Gasteiger partial charge in [0.25, 0.3) is 5.91 Å². The van der Waals surface area contributed by atoms with Gasteiger partial charge in [-0.2, -0.15) is 0 Å². The van der Waals surface area contributed by atoms with Gasteiger partial charge in [-0.15, -0.1) is 0 Å². The highest BCUT2D eigenvalue weighted by atomic mass is 16.3. The van der Waals surface area contributed by atoms with Gasteiger partial charge in [0.05, 0.1) is 6.10 Å². The molecule has 1 saturated carbocycles. The Hall–Kier alpha value is -2.53. The number of hydrogen-bond acceptors (Lipinski definition) is 4. The molecule has 150 valence electrons. The third kappa shape index (κ3) is 2.91. The molecular weight excluding hydrogens is 366 g/mol. The summed E-state index contributed by atoms with van der Waals surface area (Å²) < 4.78 is 0. The van der Waals surface area contributed by atoms with E-state index in [9.17, 15) is 19.5 Å². The lowest BCUT2D eigenvalue weighted by Gasteiger charge is -2.49. The predicted molar refractivity (Wildman–Crippen MR) is 107 cm³/mol. The molecule has 0 unspecified atom stereocenters. The van der Waals surface area contributed by atoms with Gasteiger partial charge in [-0.3, -0.25) is 14.4 Å². The number of carbonyl (C=O) groups is 3. The van der Waals surface area contributed by atoms with Gasteiger partial charge in [-0.1, -0.05) is 24.3 Å². The Morgan fingerprint density at radius 3 is 2.66 bits per heavy atom. The highest BCUT2D eigenvalue weighted by Crippen LogP contribution is 2.50. The van der Waals surface area contributed by atoms with E-state index in [-0.39, 0.29) is 41.6 Å². The molecule has 29 heavy (non-hydrogen) atoms. The van der Waals surface area contributed by atoms with Crippen LogP contribution < -0.4 is 0 Å². The fourth-order valence-electron chi connectivity index (χ4n) is 5.90. The number of rotatable bonds is 1. The maximum absolute atomic E-state index is 13.2. The number of nitrogens with zero attached hydrogens (tertiary/aromatic N) is 1. The molecule has 0 saturated heterocycles. The van der Waals surface area contributed by atoms with Crippen LogP contribution in [-0.4, -0.2) is 40.1 Å². The second kappa shape index (κ2) is 7.06. The number of carbonyl (C=O) groups excluding carboxylic acids is 3. The molecule has 1 aromatic carbocycles. The fourth-order valence-corrected chi connectivity index (χ4v) is 5.90. The summed E-state index contributed by atoms with van der Waals surface area (Å²) in [5, 5.41) is 11.2. The van der Waals surface area contributed by atoms with Crippen LogP contribution in [0.3, 0.4) is 0 Å². The molecule has 1 amide bonds. The molecule has 0 radical (unpaired) electrons. The summed E-state index contributed by atoms with van der Waals surface area (Å²) in [7, 11) is 0. The monoisotopic (exact) mass is 391 g/mol. The zero-order valence-corrected chi connectivity index (χ0v) is 16.3. The summed E-state index contributed by atoms with van der Waals surface area (Å²) in [5.74, 6) is -1.08. The second-order valence-electron chi connectivity index (χ2n) is 8.68. The molecule has 0 bridgehead atoms. The van der Waals surface area contributed by atoms with Gasteiger partial charge in [0.1, 0.15) is 5.78 Å². The van der Waals surface area contributed by atoms with E-state index in [1.54, 1.807) is 6.08 Å². The van der Waals surface area contributed by atoms with Gasteiger partial charge in [-0.05, 0) is 49.5 Å². The van der Waals surface area contributed by atoms with Crippen molar-refractivity contribution in [2.75, 3.05) is 6.54 Å². The van der Waals surface area contributed by atoms with E-state index in [2.05, 4.69) is 0 Å². The predicted octanol–water partition coefficient (Wildman–Crippen LogP) is 2.91. The van der Waals surface area contributed by atoms with Crippen LogP contribution in [0.2, 0.25) is 0 Å². The van der Waals surface area contributed by atoms with Crippen molar-refractivity contribution in [2.45, 2.75) is 38.2 Å². The van der Waals surface area contributed by atoms with E-state index in [1.807, 2.05) is 35.2 Å². The van der Waals surface area contributed by atoms with Crippen LogP contribution in [-0.2, 0) is 9.59 Å². The van der Waals surface area contributed by atoms with Crippen LogP contribution >= 0.6 is 0 Å². The Labute approximate surface area is 170 Å². The molecule has 1 aliphatic heterocycles. The highest BCUT2D eigenvalue weighted by Gasteiger charge is 2.53. The standard InChI is InChI=1S/C24H25NO4/c26-15-8-9-16-19(13-15)22(27)18-10-11-20-17(21(18)23(16)28)7-4-12-25(20)24(29)14-5-2-1-3-6-14/h1-3,5-6,8-9,16,18-19,21,23,28H,4,7,10-13H2/t16-,18+,19+,21-,23-/m0/s1. The number of amides is 1. The van der Waals surface area contributed by atoms with Gasteiger partial charge < -0.3 is 10.0 Å². The topological polar surface area (TPSA) is 74.7 Å². The molecule has 0 spiro atoms. The van der Waals surface area contributed by atoms with Crippen LogP contribution in [0.4, 0.5) is 0 Å². The van der Waals surface area contributed by atoms with Gasteiger partial charge >= 0.3 is 0 Å². The SMILES string of the molecule is O=C1C=C[C@@H]2[C@H](O)[C@H]3C4=C(CC[C@H]3C(=O)[C@@H]2C1)N(C(=O)c1ccccc1)CCC4. The van der Waals surface area contributed by atoms with Crippen molar-refractivity contribution >= 4 is 17.5 Å². The molecule has 1 heterocycles. The molecule has 5 atom stereocenters. The maximum Gasteiger partial charge on any atom is 0.258 e. The molecular formula is C24H25NO4. The van der Waals surface area contributed by atoms with Crippen LogP contribution in [0.5, 0.6) is 0 Å². The number of benzene rings is 1. The summed E-state index contributed by atoms with van der Waals surface area (Å²) in [4.78, 5) is 40.0. The Kier molecular flexibility index (Phi) is 4.50. The van der Waals surface area contributed by atoms with Crippen LogP contribution in [0.1, 0.15) is 42.5 Å². The van der Waals surface area contributed by atoms with Crippen LogP contribution in [0.15, 0.2) is 53.8 Å². The number of aliphatic hydroxyl groups excluding tert-OH is 1. The molecule has 1 aromatic rings. The smallest absolute Gasteiger partial charge is 0.258 e. The largest absolute Gasteiger partial charge is 0.392 e. The first-order valence-corrected chi connectivity index (χ1v) is 10.6. The van der Waals surface area contributed by atoms with Gasteiger partial charge in [0.15, 0.2) is 5.78 Å². The molecule has 5 rings (SSSR count). The van der Waals surface area contributed by atoms with Crippen molar-refractivity contribution in [2.24, 2.45) is 23.7 Å². The quantitative estimate of drug-likeness (QED) is 0.799. The van der Waals surface area contributed by atoms with E-state index >= 15 is 0 Å². The highest BCUT2D eigenvalue weighted by molar-refractivity contribution is 5.98. The van der Waals surface area contributed by atoms with Crippen molar-refractivity contribution < 1.29 is 19.5 Å². The molecule has 4 aliphatic rings. The van der Waals surface area contributed by atoms with E-state index < -0.39 is 12.0 Å². The van der Waals surface area contributed by atoms with Crippen LogP contribution in [0.25, 0.3) is 0 Å². The number of fused-ring (bicyclic) bond motifs is 3. The normalized spacial score (nSPS) is 33.8. The first kappa shape index (κ1) is 18.5. The summed E-state index contributed by atoms with van der Waals surface area (Å²) in [6, 6.07) is 9.28. The molecule has 0 aromatic heterocycles. The summed E-state index contributed by atoms with van der Waals surface area (Å²) >= 11 is 0. The number of Topliss-reactive ketones (excluding diaryl/α,β-unsaturated/α-hetero) is 1. The summed E-state index contributed by atoms with van der Waals surface area (Å²) in [5.41, 5.74) is 2.76. The second-order valence-corrected chi connectivity index (χ2v) is 8.68. The number of allylic oxidation sites excluding steroid dienone is 2. The van der Waals surface area contributed by atoms with E-state index in [0.29, 0.717) is 24.9 Å². The molecule has 1 N–H and O–H groups in total. The average molecular weight is 391 g/mol. The van der Waals surface area contributed by atoms with E-state index in [4.69, 9.17) is 0 Å². The minimum Gasteiger partial charge on any atom is -0.392 e. The first-order chi connectivity index (χ1) is 14.1. The van der Waals surface area contributed by atoms with Crippen molar-refractivity contribution in [1.82, 2.24) is 4.90 Å². The summed E-state index contributed by atoms with van der Waals surface area (Å²) in [6.07, 6.45) is 5.76. The molecule has 5 heteroatoms. The van der Waals surface area contributed by atoms with Gasteiger partial charge in [0.2, 0.25) is 0 Å². The maximum atomic E-state index is 13.2. The van der Waals surface area contributed by atoms with Crippen LogP contribution in [0, 0.1) is 23.7 Å². The van der Waals surface area contributed by atoms with Crippen molar-refractivity contribution in [3.8, 4) is 0 Å². The van der Waals surface area contributed by atoms with Crippen molar-refractivity contribution in [1.29, 1.82) is 0 Å². The Morgan fingerprint density at radius 1 is 1.07 bits per heavy atom. The van der Waals surface area contributed by atoms with E-state index in [1.165, 1.54) is 6.08 Å². The lowest BCUT2D eigenvalue weighted by molar-refractivity contribution is -0.143. The number of hydrogen-bond donors (Lipinski definition) is 1. The summed E-state index contributed by atoms with van der Waals surface area (Å²) in [6.45, 7) is 0.675. The molecule has 1 fully saturated rings.